The van der Waals surface area contributed by atoms with E-state index in [4.69, 9.17) is 4.74 Å². The zero-order valence-corrected chi connectivity index (χ0v) is 12.2. The number of carbonyl (C=O) groups excluding carboxylic acids is 1. The van der Waals surface area contributed by atoms with E-state index in [1.54, 1.807) is 0 Å². The Morgan fingerprint density at radius 2 is 2.20 bits per heavy atom. The SMILES string of the molecule is CNCCc1ccccc1C(=O)NCCC1CCOC1. The molecule has 1 saturated heterocycles. The number of rotatable bonds is 7. The fourth-order valence-electron chi connectivity index (χ4n) is 2.52. The summed E-state index contributed by atoms with van der Waals surface area (Å²) in [4.78, 5) is 12.2. The topological polar surface area (TPSA) is 50.4 Å². The first-order valence-corrected chi connectivity index (χ1v) is 7.39. The van der Waals surface area contributed by atoms with Gasteiger partial charge in [-0.1, -0.05) is 18.2 Å². The fraction of sp³-hybridized carbons (Fsp3) is 0.562. The van der Waals surface area contributed by atoms with E-state index in [0.717, 1.165) is 56.7 Å². The minimum atomic E-state index is 0.0376. The molecule has 0 aliphatic carbocycles. The minimum Gasteiger partial charge on any atom is -0.381 e. The molecule has 0 saturated carbocycles. The zero-order valence-electron chi connectivity index (χ0n) is 12.2. The molecule has 4 heteroatoms. The Balaban J connectivity index is 1.84. The van der Waals surface area contributed by atoms with Crippen LogP contribution in [0.5, 0.6) is 0 Å². The molecule has 1 aromatic carbocycles. The molecule has 4 nitrogen and oxygen atoms in total. The summed E-state index contributed by atoms with van der Waals surface area (Å²) in [5.41, 5.74) is 1.90. The molecule has 1 atom stereocenters. The molecule has 2 rings (SSSR count). The number of amides is 1. The van der Waals surface area contributed by atoms with Crippen LogP contribution in [0.1, 0.15) is 28.8 Å². The summed E-state index contributed by atoms with van der Waals surface area (Å²) >= 11 is 0. The number of hydrogen-bond acceptors (Lipinski definition) is 3. The van der Waals surface area contributed by atoms with E-state index in [-0.39, 0.29) is 5.91 Å². The smallest absolute Gasteiger partial charge is 0.251 e. The largest absolute Gasteiger partial charge is 0.381 e. The summed E-state index contributed by atoms with van der Waals surface area (Å²) < 4.78 is 5.34. The highest BCUT2D eigenvalue weighted by Gasteiger charge is 2.16. The molecule has 1 unspecified atom stereocenters. The van der Waals surface area contributed by atoms with E-state index in [2.05, 4.69) is 10.6 Å². The second-order valence-corrected chi connectivity index (χ2v) is 5.28. The Labute approximate surface area is 120 Å². The van der Waals surface area contributed by atoms with E-state index in [9.17, 15) is 4.79 Å². The first-order chi connectivity index (χ1) is 9.81. The van der Waals surface area contributed by atoms with Crippen molar-refractivity contribution in [3.63, 3.8) is 0 Å². The third-order valence-electron chi connectivity index (χ3n) is 3.77. The van der Waals surface area contributed by atoms with Gasteiger partial charge in [-0.25, -0.2) is 0 Å². The molecule has 20 heavy (non-hydrogen) atoms. The Kier molecular flexibility index (Phi) is 6.02. The Hall–Kier alpha value is -1.39. The Morgan fingerprint density at radius 1 is 1.35 bits per heavy atom. The van der Waals surface area contributed by atoms with E-state index in [1.807, 2.05) is 31.3 Å². The molecule has 1 aromatic rings. The highest BCUT2D eigenvalue weighted by atomic mass is 16.5. The lowest BCUT2D eigenvalue weighted by atomic mass is 10.0. The number of nitrogens with one attached hydrogen (secondary N) is 2. The first kappa shape index (κ1) is 15.0. The van der Waals surface area contributed by atoms with Crippen molar-refractivity contribution in [3.8, 4) is 0 Å². The molecule has 2 N–H and O–H groups in total. The number of hydrogen-bond donors (Lipinski definition) is 2. The average Bonchev–Trinajstić information content (AvgIpc) is 2.98. The first-order valence-electron chi connectivity index (χ1n) is 7.39. The molecule has 1 heterocycles. The van der Waals surface area contributed by atoms with Crippen LogP contribution in [0.15, 0.2) is 24.3 Å². The fourth-order valence-corrected chi connectivity index (χ4v) is 2.52. The van der Waals surface area contributed by atoms with Crippen molar-refractivity contribution in [1.29, 1.82) is 0 Å². The maximum Gasteiger partial charge on any atom is 0.251 e. The lowest BCUT2D eigenvalue weighted by Gasteiger charge is -2.11. The molecule has 0 aromatic heterocycles. The Morgan fingerprint density at radius 3 is 2.95 bits per heavy atom. The molecular weight excluding hydrogens is 252 g/mol. The Bertz CT molecular complexity index is 428. The molecule has 110 valence electrons. The van der Waals surface area contributed by atoms with Crippen molar-refractivity contribution in [3.05, 3.63) is 35.4 Å². The molecule has 1 amide bonds. The minimum absolute atomic E-state index is 0.0376. The molecule has 0 radical (unpaired) electrons. The summed E-state index contributed by atoms with van der Waals surface area (Å²) in [6, 6.07) is 7.83. The van der Waals surface area contributed by atoms with Gasteiger partial charge in [-0.05, 0) is 50.4 Å². The molecule has 1 aliphatic heterocycles. The van der Waals surface area contributed by atoms with Crippen LogP contribution in [-0.2, 0) is 11.2 Å². The van der Waals surface area contributed by atoms with Gasteiger partial charge in [0, 0.05) is 25.3 Å². The van der Waals surface area contributed by atoms with Crippen LogP contribution in [0.25, 0.3) is 0 Å². The number of ether oxygens (including phenoxy) is 1. The van der Waals surface area contributed by atoms with Gasteiger partial charge in [0.1, 0.15) is 0 Å². The van der Waals surface area contributed by atoms with Gasteiger partial charge in [0.2, 0.25) is 0 Å². The highest BCUT2D eigenvalue weighted by Crippen LogP contribution is 2.15. The molecule has 0 bridgehead atoms. The van der Waals surface area contributed by atoms with Crippen molar-refractivity contribution >= 4 is 5.91 Å². The lowest BCUT2D eigenvalue weighted by molar-refractivity contribution is 0.0949. The van der Waals surface area contributed by atoms with Gasteiger partial charge >= 0.3 is 0 Å². The average molecular weight is 276 g/mol. The van der Waals surface area contributed by atoms with Crippen molar-refractivity contribution in [1.82, 2.24) is 10.6 Å². The standard InChI is InChI=1S/C16H24N2O2/c1-17-9-7-14-4-2-3-5-15(14)16(19)18-10-6-13-8-11-20-12-13/h2-5,13,17H,6-12H2,1H3,(H,18,19). The van der Waals surface area contributed by atoms with Gasteiger partial charge in [0.05, 0.1) is 0 Å². The van der Waals surface area contributed by atoms with Crippen molar-refractivity contribution in [2.45, 2.75) is 19.3 Å². The predicted octanol–water partition coefficient (Wildman–Crippen LogP) is 1.60. The van der Waals surface area contributed by atoms with Crippen LogP contribution < -0.4 is 10.6 Å². The van der Waals surface area contributed by atoms with Crippen LogP contribution in [0.3, 0.4) is 0 Å². The lowest BCUT2D eigenvalue weighted by Crippen LogP contribution is -2.27. The third-order valence-corrected chi connectivity index (χ3v) is 3.77. The third kappa shape index (κ3) is 4.32. The normalized spacial score (nSPS) is 18.1. The maximum atomic E-state index is 12.2. The van der Waals surface area contributed by atoms with Gasteiger partial charge in [0.25, 0.3) is 5.91 Å². The molecular formula is C16H24N2O2. The number of benzene rings is 1. The second kappa shape index (κ2) is 8.02. The summed E-state index contributed by atoms with van der Waals surface area (Å²) in [6.45, 7) is 3.32. The van der Waals surface area contributed by atoms with Gasteiger partial charge in [-0.3, -0.25) is 4.79 Å². The number of likely N-dealkylation sites (N-methyl/N-ethyl adjacent to an activating group) is 1. The van der Waals surface area contributed by atoms with Crippen LogP contribution in [-0.4, -0.2) is 39.3 Å². The van der Waals surface area contributed by atoms with Crippen molar-refractivity contribution in [2.24, 2.45) is 5.92 Å². The molecule has 1 fully saturated rings. The van der Waals surface area contributed by atoms with Crippen LogP contribution in [0, 0.1) is 5.92 Å². The quantitative estimate of drug-likeness (QED) is 0.795. The second-order valence-electron chi connectivity index (χ2n) is 5.28. The van der Waals surface area contributed by atoms with E-state index in [1.165, 1.54) is 0 Å². The van der Waals surface area contributed by atoms with Gasteiger partial charge in [0.15, 0.2) is 0 Å². The molecule has 0 spiro atoms. The summed E-state index contributed by atoms with van der Waals surface area (Å²) in [5, 5.41) is 6.14. The van der Waals surface area contributed by atoms with Gasteiger partial charge in [-0.2, -0.15) is 0 Å². The zero-order chi connectivity index (χ0) is 14.2. The highest BCUT2D eigenvalue weighted by molar-refractivity contribution is 5.95. The van der Waals surface area contributed by atoms with E-state index in [0.29, 0.717) is 5.92 Å². The molecule has 1 aliphatic rings. The van der Waals surface area contributed by atoms with Gasteiger partial charge in [-0.15, -0.1) is 0 Å². The maximum absolute atomic E-state index is 12.2. The monoisotopic (exact) mass is 276 g/mol. The van der Waals surface area contributed by atoms with Crippen molar-refractivity contribution < 1.29 is 9.53 Å². The van der Waals surface area contributed by atoms with Crippen LogP contribution in [0.2, 0.25) is 0 Å². The van der Waals surface area contributed by atoms with E-state index < -0.39 is 0 Å². The summed E-state index contributed by atoms with van der Waals surface area (Å²) in [7, 11) is 1.92. The number of carbonyl (C=O) groups is 1. The van der Waals surface area contributed by atoms with Gasteiger partial charge < -0.3 is 15.4 Å². The summed E-state index contributed by atoms with van der Waals surface area (Å²) in [5.74, 6) is 0.644. The predicted molar refractivity (Wildman–Crippen MR) is 79.9 cm³/mol. The van der Waals surface area contributed by atoms with Crippen LogP contribution >= 0.6 is 0 Å². The van der Waals surface area contributed by atoms with Crippen LogP contribution in [0.4, 0.5) is 0 Å². The van der Waals surface area contributed by atoms with E-state index >= 15 is 0 Å². The van der Waals surface area contributed by atoms with Crippen molar-refractivity contribution in [2.75, 3.05) is 33.4 Å². The summed E-state index contributed by atoms with van der Waals surface area (Å²) in [6.07, 6.45) is 3.00.